The largest absolute Gasteiger partial charge is 0.472 e. The number of phosphoric acid groups is 1. The highest BCUT2D eigenvalue weighted by Crippen LogP contribution is 2.43. The average Bonchev–Trinajstić information content (AvgIpc) is 3.39. The first-order valence-corrected chi connectivity index (χ1v) is 31.0. The van der Waals surface area contributed by atoms with Crippen LogP contribution in [0.4, 0.5) is 0 Å². The van der Waals surface area contributed by atoms with Crippen LogP contribution in [0.3, 0.4) is 0 Å². The van der Waals surface area contributed by atoms with E-state index < -0.39 is 64.4 Å². The molecule has 12 heteroatoms. The number of carbonyl (C=O) groups is 3. The summed E-state index contributed by atoms with van der Waals surface area (Å²) >= 11 is 0. The molecule has 0 rings (SSSR count). The molecule has 0 aliphatic heterocycles. The third-order valence-electron chi connectivity index (χ3n) is 12.3. The SMILES string of the molecule is CC/C=C\C/C=C\C/C=C\C/C=C\C/C=C\CC(=O)OCC(COP(=O)(O)OCC(CO)OC(=O)CCCCCCCCCCCCCCC)OC(=O)CCCCCCCCCCC/C=C\C/C=C\CCCCC. The van der Waals surface area contributed by atoms with E-state index in [-0.39, 0.29) is 19.3 Å². The lowest BCUT2D eigenvalue weighted by atomic mass is 10.0. The lowest BCUT2D eigenvalue weighted by Crippen LogP contribution is -2.30. The second-order valence-corrected chi connectivity index (χ2v) is 20.9. The Morgan fingerprint density at radius 3 is 1.18 bits per heavy atom. The maximum absolute atomic E-state index is 12.9. The lowest BCUT2D eigenvalue weighted by molar-refractivity contribution is -0.161. The maximum Gasteiger partial charge on any atom is 0.472 e. The smallest absolute Gasteiger partial charge is 0.461 e. The van der Waals surface area contributed by atoms with Crippen molar-refractivity contribution in [2.24, 2.45) is 0 Å². The fourth-order valence-corrected chi connectivity index (χ4v) is 8.66. The Bertz CT molecular complexity index is 1560. The third-order valence-corrected chi connectivity index (χ3v) is 13.3. The molecule has 0 aliphatic carbocycles. The van der Waals surface area contributed by atoms with Gasteiger partial charge in [0.2, 0.25) is 0 Å². The normalized spacial score (nSPS) is 14.0. The van der Waals surface area contributed by atoms with Gasteiger partial charge in [0.15, 0.2) is 6.10 Å². The van der Waals surface area contributed by atoms with Crippen LogP contribution in [0.1, 0.15) is 252 Å². The van der Waals surface area contributed by atoms with Gasteiger partial charge >= 0.3 is 25.7 Å². The highest BCUT2D eigenvalue weighted by Gasteiger charge is 2.28. The number of unbranched alkanes of at least 4 members (excludes halogenated alkanes) is 24. The predicted molar refractivity (Wildman–Crippen MR) is 307 cm³/mol. The highest BCUT2D eigenvalue weighted by atomic mass is 31.2. The Balaban J connectivity index is 4.81. The van der Waals surface area contributed by atoms with E-state index in [1.54, 1.807) is 6.08 Å². The standard InChI is InChI=1S/C62H107O11P/c1-4-7-10-13-16-19-22-25-27-28-29-30-32-35-38-41-44-47-50-53-62(66)73-59(55-69-60(64)51-48-45-42-39-36-34-31-26-23-20-17-14-11-8-5-2)57-71-74(67,68)70-56-58(54-63)72-61(65)52-49-46-43-40-37-33-24-21-18-15-12-9-6-3/h8,11,16-17,19-20,25-27,31,36,39,45,48,58-59,63H,4-7,9-10,12-15,18,21-24,28-30,32-35,37-38,40-44,46-47,49-57H2,1-3H3,(H,67,68)/b11-8-,19-16-,20-17-,27-25-,31-26-,39-36-,48-45-. The predicted octanol–water partition coefficient (Wildman–Crippen LogP) is 17.5. The molecule has 0 spiro atoms. The molecular formula is C62H107O11P. The van der Waals surface area contributed by atoms with Crippen molar-refractivity contribution in [3.8, 4) is 0 Å². The number of ether oxygens (including phenoxy) is 3. The summed E-state index contributed by atoms with van der Waals surface area (Å²) in [5, 5.41) is 9.81. The molecule has 0 saturated heterocycles. The summed E-state index contributed by atoms with van der Waals surface area (Å²) in [5.41, 5.74) is 0. The molecule has 0 bridgehead atoms. The van der Waals surface area contributed by atoms with E-state index in [1.165, 1.54) is 109 Å². The molecule has 0 saturated carbocycles. The zero-order valence-electron chi connectivity index (χ0n) is 47.0. The molecule has 74 heavy (non-hydrogen) atoms. The van der Waals surface area contributed by atoms with Gasteiger partial charge in [0, 0.05) is 12.8 Å². The Hall–Kier alpha value is -3.34. The molecule has 0 amide bonds. The van der Waals surface area contributed by atoms with Crippen molar-refractivity contribution >= 4 is 25.7 Å². The van der Waals surface area contributed by atoms with Crippen LogP contribution in [0, 0.1) is 0 Å². The number of phosphoric ester groups is 1. The third kappa shape index (κ3) is 53.5. The van der Waals surface area contributed by atoms with E-state index >= 15 is 0 Å². The number of hydrogen-bond donors (Lipinski definition) is 2. The van der Waals surface area contributed by atoms with Crippen molar-refractivity contribution in [3.05, 3.63) is 85.1 Å². The lowest BCUT2D eigenvalue weighted by Gasteiger charge is -2.21. The highest BCUT2D eigenvalue weighted by molar-refractivity contribution is 7.47. The van der Waals surface area contributed by atoms with Crippen LogP contribution in [0.5, 0.6) is 0 Å². The first-order chi connectivity index (χ1) is 36.2. The maximum atomic E-state index is 12.9. The zero-order chi connectivity index (χ0) is 54.1. The van der Waals surface area contributed by atoms with Gasteiger partial charge in [-0.15, -0.1) is 0 Å². The van der Waals surface area contributed by atoms with Gasteiger partial charge in [-0.1, -0.05) is 241 Å². The molecule has 3 atom stereocenters. The van der Waals surface area contributed by atoms with Gasteiger partial charge < -0.3 is 24.2 Å². The Kier molecular flexibility index (Phi) is 53.4. The molecular weight excluding hydrogens is 952 g/mol. The van der Waals surface area contributed by atoms with Gasteiger partial charge in [0.25, 0.3) is 0 Å². The van der Waals surface area contributed by atoms with Crippen molar-refractivity contribution in [3.63, 3.8) is 0 Å². The topological polar surface area (TPSA) is 155 Å². The summed E-state index contributed by atoms with van der Waals surface area (Å²) in [4.78, 5) is 48.5. The molecule has 0 fully saturated rings. The number of aliphatic hydroxyl groups excluding tert-OH is 1. The number of rotatable bonds is 54. The summed E-state index contributed by atoms with van der Waals surface area (Å²) in [6.07, 6.45) is 64.2. The van der Waals surface area contributed by atoms with E-state index in [2.05, 4.69) is 87.6 Å². The molecule has 0 aromatic heterocycles. The second kappa shape index (κ2) is 55.9. The molecule has 0 radical (unpaired) electrons. The van der Waals surface area contributed by atoms with Crippen molar-refractivity contribution in [2.75, 3.05) is 26.4 Å². The van der Waals surface area contributed by atoms with Crippen molar-refractivity contribution in [1.29, 1.82) is 0 Å². The zero-order valence-corrected chi connectivity index (χ0v) is 47.9. The first-order valence-electron chi connectivity index (χ1n) is 29.5. The van der Waals surface area contributed by atoms with E-state index in [1.807, 2.05) is 12.2 Å². The van der Waals surface area contributed by atoms with Crippen molar-refractivity contribution in [2.45, 2.75) is 264 Å². The minimum Gasteiger partial charge on any atom is -0.461 e. The summed E-state index contributed by atoms with van der Waals surface area (Å²) < 4.78 is 39.4. The summed E-state index contributed by atoms with van der Waals surface area (Å²) in [6.45, 7) is 4.40. The summed E-state index contributed by atoms with van der Waals surface area (Å²) in [6, 6.07) is 0. The number of esters is 3. The minimum absolute atomic E-state index is 0.00795. The fraction of sp³-hybridized carbons (Fsp3) is 0.726. The second-order valence-electron chi connectivity index (χ2n) is 19.4. The molecule has 0 aromatic carbocycles. The fourth-order valence-electron chi connectivity index (χ4n) is 7.87. The van der Waals surface area contributed by atoms with Crippen LogP contribution < -0.4 is 0 Å². The summed E-state index contributed by atoms with van der Waals surface area (Å²) in [7, 11) is -4.77. The summed E-state index contributed by atoms with van der Waals surface area (Å²) in [5.74, 6) is -1.62. The monoisotopic (exact) mass is 1060 g/mol. The Morgan fingerprint density at radius 2 is 0.743 bits per heavy atom. The number of allylic oxidation sites excluding steroid dienone is 13. The van der Waals surface area contributed by atoms with Crippen molar-refractivity contribution < 1.29 is 52.2 Å². The average molecular weight is 1060 g/mol. The minimum atomic E-state index is -4.77. The Morgan fingerprint density at radius 1 is 0.405 bits per heavy atom. The van der Waals surface area contributed by atoms with E-state index in [4.69, 9.17) is 23.3 Å². The number of hydrogen-bond acceptors (Lipinski definition) is 10. The van der Waals surface area contributed by atoms with Gasteiger partial charge in [-0.2, -0.15) is 0 Å². The van der Waals surface area contributed by atoms with Gasteiger partial charge in [-0.3, -0.25) is 23.4 Å². The number of aliphatic hydroxyl groups is 1. The van der Waals surface area contributed by atoms with Crippen LogP contribution in [0.2, 0.25) is 0 Å². The molecule has 0 heterocycles. The van der Waals surface area contributed by atoms with E-state index in [9.17, 15) is 28.9 Å². The van der Waals surface area contributed by atoms with Gasteiger partial charge in [-0.05, 0) is 77.0 Å². The van der Waals surface area contributed by atoms with Crippen LogP contribution in [-0.4, -0.2) is 66.5 Å². The van der Waals surface area contributed by atoms with Crippen LogP contribution in [-0.2, 0) is 42.2 Å². The van der Waals surface area contributed by atoms with Gasteiger partial charge in [-0.25, -0.2) is 4.57 Å². The quantitative estimate of drug-likeness (QED) is 0.0197. The van der Waals surface area contributed by atoms with Gasteiger partial charge in [0.05, 0.1) is 26.2 Å². The Labute approximate surface area is 451 Å². The number of carbonyl (C=O) groups excluding carboxylic acids is 3. The molecule has 0 aliphatic rings. The molecule has 2 N–H and O–H groups in total. The van der Waals surface area contributed by atoms with Crippen LogP contribution >= 0.6 is 7.82 Å². The molecule has 426 valence electrons. The van der Waals surface area contributed by atoms with Crippen LogP contribution in [0.15, 0.2) is 85.1 Å². The van der Waals surface area contributed by atoms with E-state index in [0.717, 1.165) is 83.5 Å². The molecule has 11 nitrogen and oxygen atoms in total. The van der Waals surface area contributed by atoms with Crippen molar-refractivity contribution in [1.82, 2.24) is 0 Å². The first kappa shape index (κ1) is 70.7. The molecule has 0 aromatic rings. The van der Waals surface area contributed by atoms with E-state index in [0.29, 0.717) is 19.3 Å². The van der Waals surface area contributed by atoms with Gasteiger partial charge in [0.1, 0.15) is 12.7 Å². The van der Waals surface area contributed by atoms with Crippen LogP contribution in [0.25, 0.3) is 0 Å². The molecule has 3 unspecified atom stereocenters.